The first-order chi connectivity index (χ1) is 10.1. The summed E-state index contributed by atoms with van der Waals surface area (Å²) in [6, 6.07) is 7.79. The summed E-state index contributed by atoms with van der Waals surface area (Å²) < 4.78 is 0. The Bertz CT molecular complexity index is 629. The van der Waals surface area contributed by atoms with Crippen molar-refractivity contribution < 1.29 is 9.59 Å². The number of hydrazone groups is 1. The normalized spacial score (nSPS) is 24.6. The van der Waals surface area contributed by atoms with E-state index in [2.05, 4.69) is 10.4 Å². The quantitative estimate of drug-likeness (QED) is 0.927. The van der Waals surface area contributed by atoms with Crippen molar-refractivity contribution in [3.63, 3.8) is 0 Å². The van der Waals surface area contributed by atoms with Crippen LogP contribution in [0.1, 0.15) is 30.7 Å². The highest BCUT2D eigenvalue weighted by molar-refractivity contribution is 6.39. The molecule has 1 saturated carbocycles. The van der Waals surface area contributed by atoms with Crippen LogP contribution in [0, 0.1) is 0 Å². The lowest BCUT2D eigenvalue weighted by Gasteiger charge is -2.18. The number of carbonyl (C=O) groups excluding carboxylic acids is 2. The van der Waals surface area contributed by atoms with E-state index in [0.717, 1.165) is 17.0 Å². The number of nitrogens with one attached hydrogen (secondary N) is 1. The lowest BCUT2D eigenvalue weighted by atomic mass is 10.1. The largest absolute Gasteiger partial charge is 0.348 e. The molecule has 0 saturated heterocycles. The average Bonchev–Trinajstić information content (AvgIpc) is 3.21. The van der Waals surface area contributed by atoms with Gasteiger partial charge in [0.2, 0.25) is 5.91 Å². The van der Waals surface area contributed by atoms with E-state index in [1.165, 1.54) is 5.01 Å². The van der Waals surface area contributed by atoms with Gasteiger partial charge >= 0.3 is 0 Å². The highest BCUT2D eigenvalue weighted by atomic mass is 35.5. The topological polar surface area (TPSA) is 61.8 Å². The van der Waals surface area contributed by atoms with Crippen molar-refractivity contribution in [3.8, 4) is 0 Å². The molecule has 0 spiro atoms. The van der Waals surface area contributed by atoms with Gasteiger partial charge in [0.05, 0.1) is 0 Å². The summed E-state index contributed by atoms with van der Waals surface area (Å²) >= 11 is 6.16. The average molecular weight is 306 g/mol. The van der Waals surface area contributed by atoms with E-state index in [0.29, 0.717) is 18.6 Å². The van der Waals surface area contributed by atoms with Gasteiger partial charge in [-0.1, -0.05) is 29.8 Å². The van der Waals surface area contributed by atoms with Gasteiger partial charge in [-0.25, -0.2) is 5.01 Å². The Kier molecular flexibility index (Phi) is 3.68. The number of rotatable bonds is 3. The van der Waals surface area contributed by atoms with Crippen LogP contribution in [0.25, 0.3) is 0 Å². The monoisotopic (exact) mass is 305 g/mol. The molecule has 2 atom stereocenters. The lowest BCUT2D eigenvalue weighted by molar-refractivity contribution is -0.130. The smallest absolute Gasteiger partial charge is 0.267 e. The minimum absolute atomic E-state index is 0.0630. The first-order valence-corrected chi connectivity index (χ1v) is 7.33. The zero-order valence-electron chi connectivity index (χ0n) is 11.7. The van der Waals surface area contributed by atoms with Crippen molar-refractivity contribution in [2.45, 2.75) is 31.2 Å². The molecule has 0 aromatic heterocycles. The van der Waals surface area contributed by atoms with E-state index in [1.807, 2.05) is 24.3 Å². The van der Waals surface area contributed by atoms with Gasteiger partial charge in [0.15, 0.2) is 0 Å². The minimum Gasteiger partial charge on any atom is -0.348 e. The van der Waals surface area contributed by atoms with Gasteiger partial charge in [-0.3, -0.25) is 9.59 Å². The number of benzene rings is 1. The molecular formula is C15H16ClN3O2. The maximum Gasteiger partial charge on any atom is 0.267 e. The van der Waals surface area contributed by atoms with Gasteiger partial charge in [-0.05, 0) is 18.1 Å². The fourth-order valence-corrected chi connectivity index (χ4v) is 2.83. The summed E-state index contributed by atoms with van der Waals surface area (Å²) in [4.78, 5) is 23.5. The maximum absolute atomic E-state index is 12.1. The van der Waals surface area contributed by atoms with Crippen molar-refractivity contribution in [2.75, 3.05) is 7.05 Å². The molecule has 1 aromatic rings. The minimum atomic E-state index is -0.186. The Labute approximate surface area is 128 Å². The van der Waals surface area contributed by atoms with Gasteiger partial charge in [0, 0.05) is 36.9 Å². The Morgan fingerprint density at radius 1 is 1.38 bits per heavy atom. The molecule has 1 aromatic carbocycles. The molecule has 2 aliphatic rings. The third-order valence-corrected chi connectivity index (χ3v) is 4.23. The van der Waals surface area contributed by atoms with Crippen LogP contribution in [-0.2, 0) is 9.59 Å². The highest BCUT2D eigenvalue weighted by Crippen LogP contribution is 2.43. The summed E-state index contributed by atoms with van der Waals surface area (Å²) in [7, 11) is 1.57. The van der Waals surface area contributed by atoms with Crippen molar-refractivity contribution in [2.24, 2.45) is 5.10 Å². The third-order valence-electron chi connectivity index (χ3n) is 3.88. The van der Waals surface area contributed by atoms with Crippen LogP contribution < -0.4 is 5.32 Å². The molecule has 2 amide bonds. The molecule has 6 heteroatoms. The number of nitrogens with zero attached hydrogens (tertiary/aromatic N) is 2. The maximum atomic E-state index is 12.1. The van der Waals surface area contributed by atoms with E-state index in [4.69, 9.17) is 11.6 Å². The van der Waals surface area contributed by atoms with Gasteiger partial charge in [-0.2, -0.15) is 5.10 Å². The first-order valence-electron chi connectivity index (χ1n) is 6.95. The summed E-state index contributed by atoms with van der Waals surface area (Å²) in [5.74, 6) is 0.0204. The molecule has 3 rings (SSSR count). The second-order valence-corrected chi connectivity index (χ2v) is 5.81. The number of carbonyl (C=O) groups is 2. The van der Waals surface area contributed by atoms with Crippen LogP contribution in [0.3, 0.4) is 0 Å². The standard InChI is InChI=1S/C15H16ClN3O2/c1-19-14(20)7-6-12(18-19)15(21)17-13-8-10(13)9-4-2-3-5-11(9)16/h2-5,10,13H,6-8H2,1H3,(H,17,21)/t10-,13+/m1/s1. The molecular weight excluding hydrogens is 290 g/mol. The third kappa shape index (κ3) is 2.93. The molecule has 0 unspecified atom stereocenters. The van der Waals surface area contributed by atoms with Gasteiger partial charge < -0.3 is 5.32 Å². The van der Waals surface area contributed by atoms with E-state index < -0.39 is 0 Å². The van der Waals surface area contributed by atoms with E-state index in [-0.39, 0.29) is 23.8 Å². The molecule has 5 nitrogen and oxygen atoms in total. The van der Waals surface area contributed by atoms with E-state index in [1.54, 1.807) is 7.05 Å². The van der Waals surface area contributed by atoms with Crippen LogP contribution in [-0.4, -0.2) is 35.6 Å². The lowest BCUT2D eigenvalue weighted by Crippen LogP contribution is -2.38. The fourth-order valence-electron chi connectivity index (χ4n) is 2.56. The predicted octanol–water partition coefficient (Wildman–Crippen LogP) is 1.92. The molecule has 0 radical (unpaired) electrons. The van der Waals surface area contributed by atoms with Gasteiger partial charge in [0.1, 0.15) is 5.71 Å². The Hall–Kier alpha value is -1.88. The van der Waals surface area contributed by atoms with Crippen molar-refractivity contribution >= 4 is 29.1 Å². The molecule has 1 fully saturated rings. The molecule has 1 aliphatic carbocycles. The number of amides is 2. The molecule has 0 bridgehead atoms. The summed E-state index contributed by atoms with van der Waals surface area (Å²) in [6.07, 6.45) is 1.62. The zero-order chi connectivity index (χ0) is 15.0. The zero-order valence-corrected chi connectivity index (χ0v) is 12.4. The SMILES string of the molecule is CN1N=C(C(=O)N[C@H]2C[C@@H]2c2ccccc2Cl)CCC1=O. The molecule has 110 valence electrons. The summed E-state index contributed by atoms with van der Waals surface area (Å²) in [6.45, 7) is 0. The second-order valence-electron chi connectivity index (χ2n) is 5.41. The van der Waals surface area contributed by atoms with Crippen LogP contribution in [0.5, 0.6) is 0 Å². The number of hydrogen-bond acceptors (Lipinski definition) is 3. The predicted molar refractivity (Wildman–Crippen MR) is 80.2 cm³/mol. The van der Waals surface area contributed by atoms with Gasteiger partial charge in [0.25, 0.3) is 5.91 Å². The number of halogens is 1. The summed E-state index contributed by atoms with van der Waals surface area (Å²) in [5.41, 5.74) is 1.49. The fraction of sp³-hybridized carbons (Fsp3) is 0.400. The Morgan fingerprint density at radius 3 is 2.86 bits per heavy atom. The van der Waals surface area contributed by atoms with Gasteiger partial charge in [-0.15, -0.1) is 0 Å². The van der Waals surface area contributed by atoms with Crippen LogP contribution in [0.15, 0.2) is 29.4 Å². The second kappa shape index (κ2) is 5.48. The molecule has 1 N–H and O–H groups in total. The van der Waals surface area contributed by atoms with E-state index in [9.17, 15) is 9.59 Å². The molecule has 1 aliphatic heterocycles. The van der Waals surface area contributed by atoms with Crippen molar-refractivity contribution in [3.05, 3.63) is 34.9 Å². The Balaban J connectivity index is 1.62. The van der Waals surface area contributed by atoms with Crippen LogP contribution in [0.4, 0.5) is 0 Å². The first kappa shape index (κ1) is 14.1. The Morgan fingerprint density at radius 2 is 2.14 bits per heavy atom. The van der Waals surface area contributed by atoms with Crippen LogP contribution in [0.2, 0.25) is 5.02 Å². The summed E-state index contributed by atoms with van der Waals surface area (Å²) in [5, 5.41) is 8.96. The van der Waals surface area contributed by atoms with Crippen LogP contribution >= 0.6 is 11.6 Å². The highest BCUT2D eigenvalue weighted by Gasteiger charge is 2.41. The molecule has 21 heavy (non-hydrogen) atoms. The van der Waals surface area contributed by atoms with Crippen molar-refractivity contribution in [1.82, 2.24) is 10.3 Å². The number of hydrogen-bond donors (Lipinski definition) is 1. The molecule has 1 heterocycles. The van der Waals surface area contributed by atoms with Crippen molar-refractivity contribution in [1.29, 1.82) is 0 Å². The van der Waals surface area contributed by atoms with E-state index >= 15 is 0 Å².